The summed E-state index contributed by atoms with van der Waals surface area (Å²) < 4.78 is 0. The van der Waals surface area contributed by atoms with Crippen LogP contribution < -0.4 is 5.32 Å². The lowest BCUT2D eigenvalue weighted by atomic mass is 9.81. The molecule has 0 spiro atoms. The Balaban J connectivity index is 1.70. The van der Waals surface area contributed by atoms with E-state index in [1.54, 1.807) is 0 Å². The van der Waals surface area contributed by atoms with Gasteiger partial charge in [0.15, 0.2) is 0 Å². The van der Waals surface area contributed by atoms with Gasteiger partial charge in [-0.25, -0.2) is 0 Å². The molecule has 2 saturated heterocycles. The van der Waals surface area contributed by atoms with E-state index in [1.807, 2.05) is 0 Å². The highest BCUT2D eigenvalue weighted by molar-refractivity contribution is 5.19. The third-order valence-corrected chi connectivity index (χ3v) is 4.22. The largest absolute Gasteiger partial charge is 0.316 e. The number of fused-ring (bicyclic) bond motifs is 1. The van der Waals surface area contributed by atoms with Gasteiger partial charge in [0.1, 0.15) is 0 Å². The number of hydrogen-bond donors (Lipinski definition) is 1. The van der Waals surface area contributed by atoms with E-state index in [0.29, 0.717) is 6.04 Å². The van der Waals surface area contributed by atoms with E-state index in [1.165, 1.54) is 31.6 Å². The SMILES string of the molecule is CC(c1ccccc1)N1CC2CNCCC21. The van der Waals surface area contributed by atoms with Gasteiger partial charge in [-0.15, -0.1) is 0 Å². The molecule has 2 heteroatoms. The summed E-state index contributed by atoms with van der Waals surface area (Å²) >= 11 is 0. The van der Waals surface area contributed by atoms with Crippen LogP contribution in [0.25, 0.3) is 0 Å². The van der Waals surface area contributed by atoms with E-state index in [2.05, 4.69) is 47.5 Å². The van der Waals surface area contributed by atoms with Crippen molar-refractivity contribution in [3.8, 4) is 0 Å². The average molecular weight is 216 g/mol. The van der Waals surface area contributed by atoms with Crippen molar-refractivity contribution in [1.29, 1.82) is 0 Å². The van der Waals surface area contributed by atoms with Crippen molar-refractivity contribution in [3.63, 3.8) is 0 Å². The first-order valence-electron chi connectivity index (χ1n) is 6.37. The van der Waals surface area contributed by atoms with Crippen molar-refractivity contribution in [2.45, 2.75) is 25.4 Å². The molecule has 2 nitrogen and oxygen atoms in total. The van der Waals surface area contributed by atoms with Crippen molar-refractivity contribution >= 4 is 0 Å². The van der Waals surface area contributed by atoms with Crippen molar-refractivity contribution < 1.29 is 0 Å². The highest BCUT2D eigenvalue weighted by Crippen LogP contribution is 2.36. The van der Waals surface area contributed by atoms with Crippen molar-refractivity contribution in [2.24, 2.45) is 5.92 Å². The van der Waals surface area contributed by atoms with Crippen LogP contribution in [0.5, 0.6) is 0 Å². The first kappa shape index (κ1) is 10.3. The summed E-state index contributed by atoms with van der Waals surface area (Å²) in [5.74, 6) is 0.903. The fourth-order valence-corrected chi connectivity index (χ4v) is 3.17. The molecule has 0 saturated carbocycles. The predicted molar refractivity (Wildman–Crippen MR) is 66.3 cm³/mol. The number of rotatable bonds is 2. The van der Waals surface area contributed by atoms with Gasteiger partial charge in [0.2, 0.25) is 0 Å². The van der Waals surface area contributed by atoms with E-state index in [-0.39, 0.29) is 0 Å². The van der Waals surface area contributed by atoms with Gasteiger partial charge in [-0.1, -0.05) is 30.3 Å². The number of likely N-dealkylation sites (tertiary alicyclic amines) is 1. The molecule has 1 aromatic carbocycles. The van der Waals surface area contributed by atoms with Gasteiger partial charge in [0.25, 0.3) is 0 Å². The standard InChI is InChI=1S/C14H20N2/c1-11(12-5-3-2-4-6-12)16-10-13-9-15-8-7-14(13)16/h2-6,11,13-15H,7-10H2,1H3. The molecule has 0 aromatic heterocycles. The topological polar surface area (TPSA) is 15.3 Å². The second-order valence-electron chi connectivity index (χ2n) is 5.10. The Morgan fingerprint density at radius 1 is 1.31 bits per heavy atom. The van der Waals surface area contributed by atoms with Crippen LogP contribution in [-0.2, 0) is 0 Å². The third-order valence-electron chi connectivity index (χ3n) is 4.22. The Labute approximate surface area is 97.6 Å². The smallest absolute Gasteiger partial charge is 0.0323 e. The molecule has 0 bridgehead atoms. The van der Waals surface area contributed by atoms with Gasteiger partial charge in [-0.05, 0) is 31.4 Å². The molecule has 2 fully saturated rings. The lowest BCUT2D eigenvalue weighted by Gasteiger charge is -2.53. The molecule has 0 aliphatic carbocycles. The second-order valence-corrected chi connectivity index (χ2v) is 5.10. The number of nitrogens with one attached hydrogen (secondary N) is 1. The summed E-state index contributed by atoms with van der Waals surface area (Å²) in [6.45, 7) is 6.03. The first-order chi connectivity index (χ1) is 7.86. The molecule has 0 amide bonds. The Morgan fingerprint density at radius 2 is 2.12 bits per heavy atom. The Morgan fingerprint density at radius 3 is 2.88 bits per heavy atom. The van der Waals surface area contributed by atoms with Crippen LogP contribution >= 0.6 is 0 Å². The van der Waals surface area contributed by atoms with Crippen LogP contribution in [0, 0.1) is 5.92 Å². The van der Waals surface area contributed by atoms with E-state index >= 15 is 0 Å². The molecule has 0 radical (unpaired) electrons. The summed E-state index contributed by atoms with van der Waals surface area (Å²) in [6.07, 6.45) is 1.32. The molecule has 1 aromatic rings. The summed E-state index contributed by atoms with van der Waals surface area (Å²) in [7, 11) is 0. The van der Waals surface area contributed by atoms with Crippen LogP contribution in [0.15, 0.2) is 30.3 Å². The van der Waals surface area contributed by atoms with Gasteiger partial charge in [-0.3, -0.25) is 4.90 Å². The number of nitrogens with zero attached hydrogens (tertiary/aromatic N) is 1. The molecule has 3 atom stereocenters. The van der Waals surface area contributed by atoms with E-state index in [0.717, 1.165) is 12.0 Å². The molecule has 2 aliphatic rings. The monoisotopic (exact) mass is 216 g/mol. The quantitative estimate of drug-likeness (QED) is 0.814. The Hall–Kier alpha value is -0.860. The molecule has 2 aliphatic heterocycles. The van der Waals surface area contributed by atoms with Crippen LogP contribution in [0.4, 0.5) is 0 Å². The lowest BCUT2D eigenvalue weighted by molar-refractivity contribution is -0.0352. The zero-order chi connectivity index (χ0) is 11.0. The number of hydrogen-bond acceptors (Lipinski definition) is 2. The molecular formula is C14H20N2. The van der Waals surface area contributed by atoms with Crippen LogP contribution in [0.2, 0.25) is 0 Å². The average Bonchev–Trinajstić information content (AvgIpc) is 2.32. The summed E-state index contributed by atoms with van der Waals surface area (Å²) in [4.78, 5) is 2.67. The summed E-state index contributed by atoms with van der Waals surface area (Å²) in [6, 6.07) is 12.3. The van der Waals surface area contributed by atoms with Gasteiger partial charge in [0, 0.05) is 25.2 Å². The molecular weight excluding hydrogens is 196 g/mol. The third kappa shape index (κ3) is 1.66. The molecule has 1 N–H and O–H groups in total. The number of benzene rings is 1. The zero-order valence-electron chi connectivity index (χ0n) is 9.89. The summed E-state index contributed by atoms with van der Waals surface area (Å²) in [5.41, 5.74) is 1.46. The van der Waals surface area contributed by atoms with E-state index < -0.39 is 0 Å². The maximum atomic E-state index is 3.49. The minimum absolute atomic E-state index is 0.584. The van der Waals surface area contributed by atoms with Crippen molar-refractivity contribution in [2.75, 3.05) is 19.6 Å². The normalized spacial score (nSPS) is 31.6. The van der Waals surface area contributed by atoms with Crippen LogP contribution in [0.1, 0.15) is 24.9 Å². The minimum Gasteiger partial charge on any atom is -0.316 e. The van der Waals surface area contributed by atoms with Gasteiger partial charge < -0.3 is 5.32 Å². The van der Waals surface area contributed by atoms with Gasteiger partial charge in [-0.2, -0.15) is 0 Å². The van der Waals surface area contributed by atoms with Crippen LogP contribution in [-0.4, -0.2) is 30.6 Å². The lowest BCUT2D eigenvalue weighted by Crippen LogP contribution is -2.63. The minimum atomic E-state index is 0.584. The van der Waals surface area contributed by atoms with E-state index in [9.17, 15) is 0 Å². The Kier molecular flexibility index (Phi) is 2.70. The molecule has 3 rings (SSSR count). The van der Waals surface area contributed by atoms with Crippen LogP contribution in [0.3, 0.4) is 0 Å². The van der Waals surface area contributed by atoms with E-state index in [4.69, 9.17) is 0 Å². The Bertz CT molecular complexity index is 349. The number of piperidine rings is 1. The fraction of sp³-hybridized carbons (Fsp3) is 0.571. The maximum Gasteiger partial charge on any atom is 0.0323 e. The fourth-order valence-electron chi connectivity index (χ4n) is 3.17. The van der Waals surface area contributed by atoms with Crippen molar-refractivity contribution in [3.05, 3.63) is 35.9 Å². The maximum absolute atomic E-state index is 3.49. The van der Waals surface area contributed by atoms with Crippen molar-refractivity contribution in [1.82, 2.24) is 10.2 Å². The molecule has 3 unspecified atom stereocenters. The highest BCUT2D eigenvalue weighted by Gasteiger charge is 2.42. The molecule has 16 heavy (non-hydrogen) atoms. The summed E-state index contributed by atoms with van der Waals surface area (Å²) in [5, 5.41) is 3.49. The highest BCUT2D eigenvalue weighted by atomic mass is 15.3. The van der Waals surface area contributed by atoms with Gasteiger partial charge in [0.05, 0.1) is 0 Å². The second kappa shape index (κ2) is 4.19. The molecule has 86 valence electrons. The zero-order valence-corrected chi connectivity index (χ0v) is 9.89. The molecule has 2 heterocycles. The predicted octanol–water partition coefficient (Wildman–Crippen LogP) is 2.04. The van der Waals surface area contributed by atoms with Gasteiger partial charge >= 0.3 is 0 Å². The first-order valence-corrected chi connectivity index (χ1v) is 6.37.